The molecular weight excluding hydrogens is 421 g/mol. The van der Waals surface area contributed by atoms with E-state index in [1.165, 1.54) is 12.0 Å². The van der Waals surface area contributed by atoms with Crippen LogP contribution in [0.2, 0.25) is 0 Å². The molecule has 0 saturated carbocycles. The number of ether oxygens (including phenoxy) is 2. The Balaban J connectivity index is 0.000000318. The predicted molar refractivity (Wildman–Crippen MR) is 104 cm³/mol. The molecule has 2 aromatic rings. The number of halogens is 3. The van der Waals surface area contributed by atoms with Gasteiger partial charge in [0, 0.05) is 38.1 Å². The van der Waals surface area contributed by atoms with Crippen LogP contribution in [0.15, 0.2) is 41.4 Å². The molecule has 0 spiro atoms. The molecule has 0 unspecified atom stereocenters. The molecule has 2 aliphatic rings. The number of rotatable bonds is 5. The van der Waals surface area contributed by atoms with Crippen molar-refractivity contribution in [3.8, 4) is 0 Å². The summed E-state index contributed by atoms with van der Waals surface area (Å²) in [4.78, 5) is 15.6. The Labute approximate surface area is 176 Å². The van der Waals surface area contributed by atoms with Gasteiger partial charge in [0.25, 0.3) is 0 Å². The number of hydrogen-bond donors (Lipinski definition) is 1. The molecule has 6 nitrogen and oxygen atoms in total. The van der Waals surface area contributed by atoms with E-state index in [1.807, 2.05) is 12.3 Å². The van der Waals surface area contributed by atoms with Crippen LogP contribution in [-0.4, -0.2) is 58.5 Å². The van der Waals surface area contributed by atoms with Crippen LogP contribution in [0.4, 0.5) is 13.2 Å². The van der Waals surface area contributed by atoms with Crippen molar-refractivity contribution in [3.63, 3.8) is 0 Å². The van der Waals surface area contributed by atoms with Gasteiger partial charge in [-0.25, -0.2) is 4.79 Å². The van der Waals surface area contributed by atoms with E-state index in [4.69, 9.17) is 19.4 Å². The topological polar surface area (TPSA) is 71.9 Å². The Kier molecular flexibility index (Phi) is 7.81. The molecule has 2 saturated heterocycles. The number of carboxylic acids is 1. The summed E-state index contributed by atoms with van der Waals surface area (Å²) >= 11 is 1.76. The number of likely N-dealkylation sites (tertiary alicyclic amines) is 1. The minimum atomic E-state index is -5.08. The van der Waals surface area contributed by atoms with E-state index in [0.717, 1.165) is 31.7 Å². The quantitative estimate of drug-likeness (QED) is 0.758. The van der Waals surface area contributed by atoms with Gasteiger partial charge in [0.05, 0.1) is 12.7 Å². The summed E-state index contributed by atoms with van der Waals surface area (Å²) in [7, 11) is 0. The number of pyridine rings is 1. The molecular formula is C20H23F3N2O4S. The van der Waals surface area contributed by atoms with Crippen LogP contribution in [0.25, 0.3) is 0 Å². The number of hydrogen-bond acceptors (Lipinski definition) is 6. The van der Waals surface area contributed by atoms with Gasteiger partial charge in [-0.1, -0.05) is 6.07 Å². The van der Waals surface area contributed by atoms with Gasteiger partial charge in [-0.05, 0) is 46.9 Å². The first-order chi connectivity index (χ1) is 14.3. The van der Waals surface area contributed by atoms with Gasteiger partial charge in [-0.15, -0.1) is 0 Å². The Bertz CT molecular complexity index is 789. The van der Waals surface area contributed by atoms with Crippen molar-refractivity contribution < 1.29 is 32.5 Å². The minimum Gasteiger partial charge on any atom is -0.475 e. The zero-order chi connectivity index (χ0) is 21.6. The van der Waals surface area contributed by atoms with Crippen molar-refractivity contribution in [2.75, 3.05) is 13.2 Å². The smallest absolute Gasteiger partial charge is 0.475 e. The van der Waals surface area contributed by atoms with E-state index < -0.39 is 12.1 Å². The lowest BCUT2D eigenvalue weighted by molar-refractivity contribution is -0.192. The Morgan fingerprint density at radius 3 is 2.80 bits per heavy atom. The number of nitrogens with zero attached hydrogens (tertiary/aromatic N) is 2. The predicted octanol–water partition coefficient (Wildman–Crippen LogP) is 3.73. The third-order valence-corrected chi connectivity index (χ3v) is 5.71. The number of aliphatic carboxylic acids is 1. The zero-order valence-corrected chi connectivity index (χ0v) is 16.9. The van der Waals surface area contributed by atoms with Crippen LogP contribution >= 0.6 is 11.3 Å². The standard InChI is InChI=1S/C18H22N2O2S.C2HF3O2/c1-3-14(9-19-6-1)12-22-17-11-20(10-15-5-8-23-13-15)16-4-2-7-21-18(16)17;3-2(4,5)1(6)7/h1,3,5-6,8-9,13,16-18H,2,4,7,10-12H2;(H,6,7)/t16-,17-,18+;/m1./s1. The lowest BCUT2D eigenvalue weighted by Gasteiger charge is -2.32. The lowest BCUT2D eigenvalue weighted by atomic mass is 10.0. The molecule has 4 rings (SSSR count). The van der Waals surface area contributed by atoms with Crippen molar-refractivity contribution in [2.45, 2.75) is 50.4 Å². The van der Waals surface area contributed by atoms with Crippen molar-refractivity contribution >= 4 is 17.3 Å². The number of carbonyl (C=O) groups is 1. The average Bonchev–Trinajstić information content (AvgIpc) is 3.36. The van der Waals surface area contributed by atoms with Gasteiger partial charge >= 0.3 is 12.1 Å². The van der Waals surface area contributed by atoms with Crippen molar-refractivity contribution in [1.29, 1.82) is 0 Å². The first kappa shape index (κ1) is 22.7. The normalized spacial score (nSPS) is 24.0. The summed E-state index contributed by atoms with van der Waals surface area (Å²) < 4.78 is 44.0. The summed E-state index contributed by atoms with van der Waals surface area (Å²) in [5.41, 5.74) is 2.52. The molecule has 0 aromatic carbocycles. The van der Waals surface area contributed by atoms with Gasteiger partial charge in [0.1, 0.15) is 6.10 Å². The van der Waals surface area contributed by atoms with Crippen molar-refractivity contribution in [3.05, 3.63) is 52.5 Å². The number of fused-ring (bicyclic) bond motifs is 1. The van der Waals surface area contributed by atoms with Crippen LogP contribution in [-0.2, 0) is 27.4 Å². The third-order valence-electron chi connectivity index (χ3n) is 4.98. The van der Waals surface area contributed by atoms with E-state index in [-0.39, 0.29) is 12.2 Å². The first-order valence-electron chi connectivity index (χ1n) is 9.52. The van der Waals surface area contributed by atoms with E-state index >= 15 is 0 Å². The summed E-state index contributed by atoms with van der Waals surface area (Å²) in [5.74, 6) is -2.76. The Morgan fingerprint density at radius 1 is 1.37 bits per heavy atom. The van der Waals surface area contributed by atoms with Crippen molar-refractivity contribution in [2.24, 2.45) is 0 Å². The molecule has 3 atom stereocenters. The second kappa shape index (κ2) is 10.3. The van der Waals surface area contributed by atoms with Crippen LogP contribution < -0.4 is 0 Å². The number of alkyl halides is 3. The summed E-state index contributed by atoms with van der Waals surface area (Å²) in [6.45, 7) is 3.42. The number of thiophene rings is 1. The maximum atomic E-state index is 10.6. The fraction of sp³-hybridized carbons (Fsp3) is 0.500. The minimum absolute atomic E-state index is 0.152. The fourth-order valence-corrected chi connectivity index (χ4v) is 4.30. The van der Waals surface area contributed by atoms with Crippen LogP contribution in [0.5, 0.6) is 0 Å². The SMILES string of the molecule is O=C(O)C(F)(F)F.c1cncc(CO[C@@H]2CN(Cc3ccsc3)[C@@H]3CCCO[C@@H]32)c1. The van der Waals surface area contributed by atoms with Gasteiger partial charge in [-0.2, -0.15) is 24.5 Å². The molecule has 0 aliphatic carbocycles. The highest BCUT2D eigenvalue weighted by Gasteiger charge is 2.44. The number of aromatic nitrogens is 1. The molecule has 2 aliphatic heterocycles. The molecule has 2 fully saturated rings. The van der Waals surface area contributed by atoms with E-state index in [0.29, 0.717) is 12.6 Å². The molecule has 164 valence electrons. The molecule has 30 heavy (non-hydrogen) atoms. The molecule has 1 N–H and O–H groups in total. The Morgan fingerprint density at radius 2 is 2.17 bits per heavy atom. The summed E-state index contributed by atoms with van der Waals surface area (Å²) in [6.07, 6.45) is 1.30. The molecule has 0 radical (unpaired) electrons. The maximum Gasteiger partial charge on any atom is 0.490 e. The highest BCUT2D eigenvalue weighted by atomic mass is 32.1. The third kappa shape index (κ3) is 6.24. The molecule has 0 amide bonds. The maximum absolute atomic E-state index is 10.6. The average molecular weight is 444 g/mol. The van der Waals surface area contributed by atoms with Crippen molar-refractivity contribution in [1.82, 2.24) is 9.88 Å². The second-order valence-corrected chi connectivity index (χ2v) is 7.90. The number of carboxylic acid groups (broad SMARTS) is 1. The second-order valence-electron chi connectivity index (χ2n) is 7.12. The fourth-order valence-electron chi connectivity index (χ4n) is 3.64. The lowest BCUT2D eigenvalue weighted by Crippen LogP contribution is -2.41. The first-order valence-corrected chi connectivity index (χ1v) is 10.5. The van der Waals surface area contributed by atoms with E-state index in [2.05, 4.69) is 32.8 Å². The van der Waals surface area contributed by atoms with Gasteiger partial charge < -0.3 is 14.6 Å². The van der Waals surface area contributed by atoms with Crippen LogP contribution in [0.1, 0.15) is 24.0 Å². The van der Waals surface area contributed by atoms with E-state index in [1.54, 1.807) is 17.5 Å². The highest BCUT2D eigenvalue weighted by Crippen LogP contribution is 2.32. The summed E-state index contributed by atoms with van der Waals surface area (Å²) in [5, 5.41) is 11.5. The summed E-state index contributed by atoms with van der Waals surface area (Å²) in [6, 6.07) is 6.72. The zero-order valence-electron chi connectivity index (χ0n) is 16.1. The van der Waals surface area contributed by atoms with E-state index in [9.17, 15) is 13.2 Å². The molecule has 2 aromatic heterocycles. The molecule has 0 bridgehead atoms. The monoisotopic (exact) mass is 444 g/mol. The van der Waals surface area contributed by atoms with Gasteiger partial charge in [-0.3, -0.25) is 9.88 Å². The largest absolute Gasteiger partial charge is 0.490 e. The Hall–Kier alpha value is -2.01. The van der Waals surface area contributed by atoms with Crippen LogP contribution in [0, 0.1) is 0 Å². The van der Waals surface area contributed by atoms with Gasteiger partial charge in [0.2, 0.25) is 0 Å². The molecule has 4 heterocycles. The van der Waals surface area contributed by atoms with Gasteiger partial charge in [0.15, 0.2) is 0 Å². The molecule has 10 heteroatoms. The highest BCUT2D eigenvalue weighted by molar-refractivity contribution is 7.07. The van der Waals surface area contributed by atoms with Crippen LogP contribution in [0.3, 0.4) is 0 Å².